The van der Waals surface area contributed by atoms with Gasteiger partial charge in [-0.15, -0.1) is 0 Å². The second-order valence-corrected chi connectivity index (χ2v) is 8.97. The van der Waals surface area contributed by atoms with Crippen LogP contribution in [0.15, 0.2) is 72.9 Å². The molecule has 1 amide bonds. The summed E-state index contributed by atoms with van der Waals surface area (Å²) in [5.41, 5.74) is 5.28. The monoisotopic (exact) mass is 445 g/mol. The van der Waals surface area contributed by atoms with Crippen LogP contribution in [0.25, 0.3) is 16.8 Å². The molecule has 5 rings (SSSR count). The summed E-state index contributed by atoms with van der Waals surface area (Å²) in [5, 5.41) is 0.668. The minimum atomic E-state index is 0.0203. The van der Waals surface area contributed by atoms with Crippen molar-refractivity contribution in [1.82, 2.24) is 9.88 Å². The molecule has 0 spiro atoms. The van der Waals surface area contributed by atoms with Gasteiger partial charge >= 0.3 is 11.7 Å². The lowest BCUT2D eigenvalue weighted by Gasteiger charge is -2.16. The Morgan fingerprint density at radius 2 is 1.91 bits per heavy atom. The molecule has 1 atom stereocenters. The zero-order valence-corrected chi connectivity index (χ0v) is 19.0. The van der Waals surface area contributed by atoms with Crippen molar-refractivity contribution in [2.24, 2.45) is 0 Å². The summed E-state index contributed by atoms with van der Waals surface area (Å²) < 4.78 is 1.94. The number of rotatable bonds is 4. The number of fused-ring (bicyclic) bond motifs is 1. The SMILES string of the molecule is CN(C)c1ccc(C2CCN(C(=O)c3[nH]c(-c4cccc(Cl)c4)c4cccc[n+]34)C2)cc1. The summed E-state index contributed by atoms with van der Waals surface area (Å²) in [4.78, 5) is 21.0. The fraction of sp³-hybridized carbons (Fsp3) is 0.231. The summed E-state index contributed by atoms with van der Waals surface area (Å²) in [6.45, 7) is 1.47. The van der Waals surface area contributed by atoms with Crippen molar-refractivity contribution >= 4 is 28.7 Å². The number of imidazole rings is 1. The van der Waals surface area contributed by atoms with E-state index >= 15 is 0 Å². The Labute approximate surface area is 192 Å². The fourth-order valence-electron chi connectivity index (χ4n) is 4.52. The quantitative estimate of drug-likeness (QED) is 0.460. The number of nitrogens with zero attached hydrogens (tertiary/aromatic N) is 3. The van der Waals surface area contributed by atoms with E-state index in [-0.39, 0.29) is 5.91 Å². The number of aromatic amines is 1. The van der Waals surface area contributed by atoms with Crippen LogP contribution in [0, 0.1) is 0 Å². The molecule has 1 N–H and O–H groups in total. The van der Waals surface area contributed by atoms with Gasteiger partial charge in [-0.05, 0) is 48.4 Å². The number of anilines is 1. The highest BCUT2D eigenvalue weighted by molar-refractivity contribution is 6.30. The second-order valence-electron chi connectivity index (χ2n) is 8.54. The lowest BCUT2D eigenvalue weighted by molar-refractivity contribution is -0.514. The van der Waals surface area contributed by atoms with E-state index in [0.717, 1.165) is 36.3 Å². The molecule has 162 valence electrons. The number of hydrogen-bond acceptors (Lipinski definition) is 2. The van der Waals surface area contributed by atoms with E-state index in [1.54, 1.807) is 0 Å². The van der Waals surface area contributed by atoms with Crippen LogP contribution in [-0.2, 0) is 0 Å². The molecule has 3 heterocycles. The summed E-state index contributed by atoms with van der Waals surface area (Å²) in [7, 11) is 4.09. The minimum absolute atomic E-state index is 0.0203. The molecule has 1 fully saturated rings. The van der Waals surface area contributed by atoms with Crippen LogP contribution in [0.2, 0.25) is 5.02 Å². The molecule has 6 heteroatoms. The highest BCUT2D eigenvalue weighted by Crippen LogP contribution is 2.30. The third kappa shape index (κ3) is 3.73. The van der Waals surface area contributed by atoms with E-state index in [4.69, 9.17) is 11.6 Å². The smallest absolute Gasteiger partial charge is 0.351 e. The zero-order valence-electron chi connectivity index (χ0n) is 18.3. The fourth-order valence-corrected chi connectivity index (χ4v) is 4.71. The number of benzene rings is 2. The van der Waals surface area contributed by atoms with Gasteiger partial charge in [0.1, 0.15) is 0 Å². The van der Waals surface area contributed by atoms with E-state index in [9.17, 15) is 4.79 Å². The Morgan fingerprint density at radius 3 is 2.66 bits per heavy atom. The number of carbonyl (C=O) groups excluding carboxylic acids is 1. The summed E-state index contributed by atoms with van der Waals surface area (Å²) >= 11 is 6.22. The Balaban J connectivity index is 1.43. The number of H-pyrrole nitrogens is 1. The number of amides is 1. The Bertz CT molecular complexity index is 1280. The number of hydrogen-bond donors (Lipinski definition) is 1. The first-order valence-electron chi connectivity index (χ1n) is 10.9. The van der Waals surface area contributed by atoms with Crippen molar-refractivity contribution in [2.45, 2.75) is 12.3 Å². The van der Waals surface area contributed by atoms with Crippen molar-refractivity contribution < 1.29 is 9.20 Å². The molecule has 5 nitrogen and oxygen atoms in total. The maximum Gasteiger partial charge on any atom is 0.351 e. The molecule has 0 bridgehead atoms. The molecular weight excluding hydrogens is 420 g/mol. The summed E-state index contributed by atoms with van der Waals surface area (Å²) in [6, 6.07) is 22.3. The molecule has 2 aromatic heterocycles. The van der Waals surface area contributed by atoms with Gasteiger partial charge in [-0.3, -0.25) is 4.79 Å². The lowest BCUT2D eigenvalue weighted by atomic mass is 9.98. The Hall–Kier alpha value is -3.31. The average Bonchev–Trinajstić information content (AvgIpc) is 3.44. The predicted octanol–water partition coefficient (Wildman–Crippen LogP) is 4.77. The van der Waals surface area contributed by atoms with Crippen LogP contribution in [0.4, 0.5) is 5.69 Å². The van der Waals surface area contributed by atoms with E-state index in [0.29, 0.717) is 16.8 Å². The summed E-state index contributed by atoms with van der Waals surface area (Å²) in [5.74, 6) is 0.944. The topological polar surface area (TPSA) is 43.4 Å². The molecule has 0 radical (unpaired) electrons. The standard InChI is InChI=1S/C26H25ClN4O/c1-29(2)22-11-9-18(10-12-22)20-13-15-30(17-20)26(32)25-28-24(19-6-5-7-21(27)16-19)23-8-3-4-14-31(23)25/h3-12,14,16,20H,13,15,17H2,1-2H3/p+1. The molecule has 2 aromatic carbocycles. The Morgan fingerprint density at radius 1 is 1.09 bits per heavy atom. The molecular formula is C26H26ClN4O+. The van der Waals surface area contributed by atoms with Crippen LogP contribution in [0.5, 0.6) is 0 Å². The predicted molar refractivity (Wildman–Crippen MR) is 128 cm³/mol. The van der Waals surface area contributed by atoms with Crippen molar-refractivity contribution in [2.75, 3.05) is 32.1 Å². The van der Waals surface area contributed by atoms with Crippen LogP contribution < -0.4 is 9.30 Å². The minimum Gasteiger partial charge on any atom is -0.378 e. The van der Waals surface area contributed by atoms with Crippen LogP contribution in [-0.4, -0.2) is 43.0 Å². The summed E-state index contributed by atoms with van der Waals surface area (Å²) in [6.07, 6.45) is 2.90. The zero-order chi connectivity index (χ0) is 22.2. The number of aromatic nitrogens is 2. The van der Waals surface area contributed by atoms with Crippen LogP contribution in [0.1, 0.15) is 28.5 Å². The van der Waals surface area contributed by atoms with Crippen molar-refractivity contribution in [1.29, 1.82) is 0 Å². The molecule has 0 saturated carbocycles. The van der Waals surface area contributed by atoms with Gasteiger partial charge in [0.05, 0.1) is 6.20 Å². The molecule has 1 aliphatic rings. The first-order valence-corrected chi connectivity index (χ1v) is 11.2. The lowest BCUT2D eigenvalue weighted by Crippen LogP contribution is -2.37. The van der Waals surface area contributed by atoms with Gasteiger partial charge in [0, 0.05) is 49.4 Å². The number of carbonyl (C=O) groups is 1. The first-order chi connectivity index (χ1) is 15.5. The number of likely N-dealkylation sites (tertiary alicyclic amines) is 1. The maximum atomic E-state index is 13.5. The number of halogens is 1. The van der Waals surface area contributed by atoms with Gasteiger partial charge in [0.2, 0.25) is 0 Å². The Kier molecular flexibility index (Phi) is 5.35. The molecule has 1 aliphatic heterocycles. The van der Waals surface area contributed by atoms with E-state index in [1.165, 1.54) is 11.3 Å². The van der Waals surface area contributed by atoms with E-state index in [1.807, 2.05) is 72.1 Å². The van der Waals surface area contributed by atoms with Crippen molar-refractivity contribution in [3.05, 3.63) is 89.3 Å². The highest BCUT2D eigenvalue weighted by Gasteiger charge is 2.34. The van der Waals surface area contributed by atoms with Crippen molar-refractivity contribution in [3.8, 4) is 11.3 Å². The number of pyridine rings is 1. The highest BCUT2D eigenvalue weighted by atomic mass is 35.5. The van der Waals surface area contributed by atoms with Gasteiger partial charge in [-0.1, -0.05) is 41.9 Å². The maximum absolute atomic E-state index is 13.5. The molecule has 0 aliphatic carbocycles. The average molecular weight is 446 g/mol. The third-order valence-corrected chi connectivity index (χ3v) is 6.51. The van der Waals surface area contributed by atoms with Gasteiger partial charge in [-0.25, -0.2) is 4.98 Å². The molecule has 1 unspecified atom stereocenters. The van der Waals surface area contributed by atoms with Crippen LogP contribution >= 0.6 is 11.6 Å². The third-order valence-electron chi connectivity index (χ3n) is 6.27. The van der Waals surface area contributed by atoms with Gasteiger partial charge in [0.15, 0.2) is 11.2 Å². The normalized spacial score (nSPS) is 16.0. The second kappa shape index (κ2) is 8.32. The largest absolute Gasteiger partial charge is 0.378 e. The molecule has 1 saturated heterocycles. The van der Waals surface area contributed by atoms with Crippen molar-refractivity contribution in [3.63, 3.8) is 0 Å². The van der Waals surface area contributed by atoms with E-state index in [2.05, 4.69) is 34.1 Å². The van der Waals surface area contributed by atoms with Gasteiger partial charge in [-0.2, -0.15) is 4.40 Å². The molecule has 4 aromatic rings. The van der Waals surface area contributed by atoms with E-state index < -0.39 is 0 Å². The molecule has 32 heavy (non-hydrogen) atoms. The first kappa shape index (κ1) is 20.6. The van der Waals surface area contributed by atoms with Gasteiger partial charge < -0.3 is 9.80 Å². The number of nitrogens with one attached hydrogen (secondary N) is 1. The van der Waals surface area contributed by atoms with Gasteiger partial charge in [0.25, 0.3) is 0 Å². The van der Waals surface area contributed by atoms with Crippen LogP contribution in [0.3, 0.4) is 0 Å².